The first-order valence-corrected chi connectivity index (χ1v) is 5.95. The lowest BCUT2D eigenvalue weighted by Crippen LogP contribution is -2.44. The van der Waals surface area contributed by atoms with Gasteiger partial charge in [0, 0.05) is 18.5 Å². The highest BCUT2D eigenvalue weighted by molar-refractivity contribution is 5.83. The van der Waals surface area contributed by atoms with Gasteiger partial charge in [-0.1, -0.05) is 6.92 Å². The van der Waals surface area contributed by atoms with E-state index in [1.165, 1.54) is 6.92 Å². The maximum atomic E-state index is 11.5. The topological polar surface area (TPSA) is 69.6 Å². The molecule has 0 spiro atoms. The van der Waals surface area contributed by atoms with Gasteiger partial charge in [0.05, 0.1) is 0 Å². The van der Waals surface area contributed by atoms with Crippen LogP contribution >= 0.6 is 0 Å². The lowest BCUT2D eigenvalue weighted by Gasteiger charge is -2.34. The number of hydrogen-bond donors (Lipinski definition) is 2. The fourth-order valence-corrected chi connectivity index (χ4v) is 1.58. The fourth-order valence-electron chi connectivity index (χ4n) is 1.58. The molecule has 0 radical (unpaired) electrons. The number of hydrogen-bond acceptors (Lipinski definition) is 3. The zero-order valence-electron chi connectivity index (χ0n) is 11.4. The lowest BCUT2D eigenvalue weighted by atomic mass is 10.1. The van der Waals surface area contributed by atoms with Gasteiger partial charge >= 0.3 is 5.97 Å². The Morgan fingerprint density at radius 2 is 1.88 bits per heavy atom. The summed E-state index contributed by atoms with van der Waals surface area (Å²) in [6, 6.07) is -0.827. The molecule has 0 saturated carbocycles. The quantitative estimate of drug-likeness (QED) is 0.733. The number of aliphatic carboxylic acids is 1. The number of nitrogens with zero attached hydrogens (tertiary/aromatic N) is 1. The molecule has 0 saturated heterocycles. The van der Waals surface area contributed by atoms with Gasteiger partial charge in [-0.2, -0.15) is 0 Å². The van der Waals surface area contributed by atoms with E-state index in [2.05, 4.69) is 31.0 Å². The van der Waals surface area contributed by atoms with Crippen LogP contribution in [0.25, 0.3) is 0 Å². The molecule has 5 nitrogen and oxygen atoms in total. The molecule has 2 N–H and O–H groups in total. The van der Waals surface area contributed by atoms with Gasteiger partial charge in [-0.05, 0) is 34.2 Å². The number of amides is 1. The van der Waals surface area contributed by atoms with Crippen LogP contribution in [0.5, 0.6) is 0 Å². The fraction of sp³-hybridized carbons (Fsp3) is 0.833. The van der Waals surface area contributed by atoms with Gasteiger partial charge in [-0.3, -0.25) is 14.5 Å². The van der Waals surface area contributed by atoms with E-state index in [1.54, 1.807) is 0 Å². The average molecular weight is 244 g/mol. The van der Waals surface area contributed by atoms with E-state index >= 15 is 0 Å². The van der Waals surface area contributed by atoms with Crippen molar-refractivity contribution < 1.29 is 14.7 Å². The van der Waals surface area contributed by atoms with Crippen LogP contribution in [-0.4, -0.2) is 46.6 Å². The molecule has 0 aromatic carbocycles. The van der Waals surface area contributed by atoms with Crippen LogP contribution in [0.3, 0.4) is 0 Å². The third kappa shape index (κ3) is 6.26. The summed E-state index contributed by atoms with van der Waals surface area (Å²) in [5.41, 5.74) is 0.0213. The van der Waals surface area contributed by atoms with Crippen molar-refractivity contribution in [1.82, 2.24) is 10.2 Å². The van der Waals surface area contributed by atoms with E-state index in [9.17, 15) is 9.59 Å². The first-order chi connectivity index (χ1) is 7.68. The monoisotopic (exact) mass is 244 g/mol. The van der Waals surface area contributed by atoms with Crippen LogP contribution in [0.15, 0.2) is 0 Å². The molecule has 0 aromatic heterocycles. The van der Waals surface area contributed by atoms with E-state index in [4.69, 9.17) is 5.11 Å². The minimum atomic E-state index is -1.01. The van der Waals surface area contributed by atoms with Crippen molar-refractivity contribution in [2.75, 3.05) is 13.1 Å². The second-order valence-electron chi connectivity index (χ2n) is 5.13. The zero-order chi connectivity index (χ0) is 13.6. The second kappa shape index (κ2) is 6.59. The maximum absolute atomic E-state index is 11.5. The summed E-state index contributed by atoms with van der Waals surface area (Å²) < 4.78 is 0. The molecular weight excluding hydrogens is 220 g/mol. The van der Waals surface area contributed by atoms with E-state index in [0.717, 1.165) is 6.54 Å². The largest absolute Gasteiger partial charge is 0.480 e. The van der Waals surface area contributed by atoms with Crippen molar-refractivity contribution >= 4 is 11.9 Å². The second-order valence-corrected chi connectivity index (χ2v) is 5.13. The average Bonchev–Trinajstić information content (AvgIpc) is 2.16. The number of carboxylic acid groups (broad SMARTS) is 1. The van der Waals surface area contributed by atoms with Crippen LogP contribution in [0, 0.1) is 0 Å². The van der Waals surface area contributed by atoms with Crippen LogP contribution < -0.4 is 5.32 Å². The van der Waals surface area contributed by atoms with E-state index in [1.807, 2.05) is 6.92 Å². The van der Waals surface area contributed by atoms with Crippen molar-refractivity contribution in [3.63, 3.8) is 0 Å². The molecule has 0 aliphatic heterocycles. The predicted octanol–water partition coefficient (Wildman–Crippen LogP) is 1.09. The lowest BCUT2D eigenvalue weighted by molar-refractivity contribution is -0.141. The van der Waals surface area contributed by atoms with Crippen molar-refractivity contribution in [3.05, 3.63) is 0 Å². The molecule has 0 aliphatic carbocycles. The SMILES string of the molecule is CCN(CCC(=O)NC(C)C(=O)O)C(C)(C)C. The number of rotatable bonds is 6. The third-order valence-corrected chi connectivity index (χ3v) is 2.69. The molecule has 1 amide bonds. The van der Waals surface area contributed by atoms with Gasteiger partial charge < -0.3 is 10.4 Å². The minimum Gasteiger partial charge on any atom is -0.480 e. The number of carbonyl (C=O) groups excluding carboxylic acids is 1. The van der Waals surface area contributed by atoms with Gasteiger partial charge in [0.2, 0.25) is 5.91 Å². The maximum Gasteiger partial charge on any atom is 0.325 e. The molecule has 0 aliphatic rings. The molecule has 0 rings (SSSR count). The molecule has 0 aromatic rings. The molecule has 100 valence electrons. The Balaban J connectivity index is 4.11. The molecule has 0 bridgehead atoms. The molecular formula is C12H24N2O3. The van der Waals surface area contributed by atoms with Crippen molar-refractivity contribution in [1.29, 1.82) is 0 Å². The summed E-state index contributed by atoms with van der Waals surface area (Å²) in [4.78, 5) is 24.2. The normalized spacial score (nSPS) is 13.5. The summed E-state index contributed by atoms with van der Waals surface area (Å²) in [5, 5.41) is 11.1. The molecule has 1 unspecified atom stereocenters. The Bertz CT molecular complexity index is 271. The van der Waals surface area contributed by atoms with Crippen LogP contribution in [0.2, 0.25) is 0 Å². The highest BCUT2D eigenvalue weighted by Gasteiger charge is 2.21. The summed E-state index contributed by atoms with van der Waals surface area (Å²) >= 11 is 0. The van der Waals surface area contributed by atoms with E-state index in [0.29, 0.717) is 13.0 Å². The Morgan fingerprint density at radius 3 is 2.24 bits per heavy atom. The Labute approximate surface area is 103 Å². The summed E-state index contributed by atoms with van der Waals surface area (Å²) in [6.07, 6.45) is 0.322. The smallest absolute Gasteiger partial charge is 0.325 e. The molecule has 0 heterocycles. The highest BCUT2D eigenvalue weighted by Crippen LogP contribution is 2.12. The molecule has 0 fully saturated rings. The summed E-state index contributed by atoms with van der Waals surface area (Å²) in [5.74, 6) is -1.23. The van der Waals surface area contributed by atoms with Crippen molar-refractivity contribution in [2.45, 2.75) is 52.6 Å². The van der Waals surface area contributed by atoms with Crippen LogP contribution in [-0.2, 0) is 9.59 Å². The van der Waals surface area contributed by atoms with E-state index < -0.39 is 12.0 Å². The van der Waals surface area contributed by atoms with E-state index in [-0.39, 0.29) is 11.4 Å². The predicted molar refractivity (Wildman–Crippen MR) is 66.9 cm³/mol. The molecule has 1 atom stereocenters. The Kier molecular flexibility index (Phi) is 6.16. The number of carboxylic acids is 1. The van der Waals surface area contributed by atoms with Crippen LogP contribution in [0.4, 0.5) is 0 Å². The number of carbonyl (C=O) groups is 2. The Morgan fingerprint density at radius 1 is 1.35 bits per heavy atom. The highest BCUT2D eigenvalue weighted by atomic mass is 16.4. The van der Waals surface area contributed by atoms with Gasteiger partial charge in [0.15, 0.2) is 0 Å². The van der Waals surface area contributed by atoms with Crippen molar-refractivity contribution in [2.24, 2.45) is 0 Å². The summed E-state index contributed by atoms with van der Waals surface area (Å²) in [7, 11) is 0. The van der Waals surface area contributed by atoms with Crippen LogP contribution in [0.1, 0.15) is 41.0 Å². The molecule has 5 heteroatoms. The number of nitrogens with one attached hydrogen (secondary N) is 1. The summed E-state index contributed by atoms with van der Waals surface area (Å²) in [6.45, 7) is 11.3. The van der Waals surface area contributed by atoms with Gasteiger partial charge in [-0.15, -0.1) is 0 Å². The minimum absolute atomic E-state index is 0.0213. The van der Waals surface area contributed by atoms with Crippen molar-refractivity contribution in [3.8, 4) is 0 Å². The zero-order valence-corrected chi connectivity index (χ0v) is 11.4. The third-order valence-electron chi connectivity index (χ3n) is 2.69. The first-order valence-electron chi connectivity index (χ1n) is 5.95. The first kappa shape index (κ1) is 15.9. The standard InChI is InChI=1S/C12H24N2O3/c1-6-14(12(3,4)5)8-7-10(15)13-9(2)11(16)17/h9H,6-8H2,1-5H3,(H,13,15)(H,16,17). The van der Waals surface area contributed by atoms with Gasteiger partial charge in [-0.25, -0.2) is 0 Å². The molecule has 17 heavy (non-hydrogen) atoms. The van der Waals surface area contributed by atoms with Gasteiger partial charge in [0.25, 0.3) is 0 Å². The van der Waals surface area contributed by atoms with Gasteiger partial charge in [0.1, 0.15) is 6.04 Å². The Hall–Kier alpha value is -1.10.